The molecule has 0 unspecified atom stereocenters. The first-order chi connectivity index (χ1) is 11.9. The molecule has 0 N–H and O–H groups in total. The molecular weight excluding hydrogens is 312 g/mol. The van der Waals surface area contributed by atoms with E-state index in [0.717, 1.165) is 17.7 Å². The Morgan fingerprint density at radius 1 is 1.20 bits per heavy atom. The zero-order valence-electron chi connectivity index (χ0n) is 15.4. The van der Waals surface area contributed by atoms with Gasteiger partial charge in [0, 0.05) is 12.0 Å². The second-order valence-electron chi connectivity index (χ2n) is 7.76. The Labute approximate surface area is 149 Å². The summed E-state index contributed by atoms with van der Waals surface area (Å²) in [6.45, 7) is 8.65. The van der Waals surface area contributed by atoms with Gasteiger partial charge in [0.05, 0.1) is 12.2 Å². The highest BCUT2D eigenvalue weighted by Gasteiger charge is 2.61. The van der Waals surface area contributed by atoms with Crippen LogP contribution in [0.5, 0.6) is 0 Å². The Morgan fingerprint density at radius 3 is 2.60 bits per heavy atom. The maximum absolute atomic E-state index is 12.4. The lowest BCUT2D eigenvalue weighted by atomic mass is 10.1. The van der Waals surface area contributed by atoms with Crippen molar-refractivity contribution < 1.29 is 13.9 Å². The van der Waals surface area contributed by atoms with Crippen LogP contribution in [0.2, 0.25) is 0 Å². The summed E-state index contributed by atoms with van der Waals surface area (Å²) in [5, 5.41) is 0. The topological polar surface area (TPSA) is 39.4 Å². The van der Waals surface area contributed by atoms with Gasteiger partial charge in [-0.2, -0.15) is 0 Å². The average Bonchev–Trinajstić information content (AvgIpc) is 2.90. The molecule has 3 rings (SSSR count). The van der Waals surface area contributed by atoms with Crippen LogP contribution in [0, 0.1) is 17.3 Å². The number of ether oxygens (including phenoxy) is 1. The number of furan rings is 1. The van der Waals surface area contributed by atoms with Crippen LogP contribution in [0.1, 0.15) is 44.6 Å². The molecule has 0 amide bonds. The number of carbonyl (C=O) groups excluding carboxylic acids is 1. The molecule has 0 spiro atoms. The maximum atomic E-state index is 12.4. The molecule has 3 nitrogen and oxygen atoms in total. The first-order valence-electron chi connectivity index (χ1n) is 8.80. The molecule has 1 aliphatic rings. The Hall–Kier alpha value is -2.29. The molecule has 1 aromatic carbocycles. The van der Waals surface area contributed by atoms with E-state index >= 15 is 0 Å². The quantitative estimate of drug-likeness (QED) is 0.540. The number of allylic oxidation sites excluding steroid dienone is 2. The molecule has 3 heteroatoms. The SMILES string of the molecule is CC(C)=C[C@@H]1[C@@H](C(=O)OCc2coc(Cc3ccccc3)c2)C1(C)C. The predicted molar refractivity (Wildman–Crippen MR) is 97.9 cm³/mol. The van der Waals surface area contributed by atoms with Crippen LogP contribution < -0.4 is 0 Å². The summed E-state index contributed by atoms with van der Waals surface area (Å²) >= 11 is 0. The average molecular weight is 338 g/mol. The Kier molecular flexibility index (Phi) is 4.85. The number of hydrogen-bond donors (Lipinski definition) is 0. The van der Waals surface area contributed by atoms with Gasteiger partial charge < -0.3 is 9.15 Å². The highest BCUT2D eigenvalue weighted by Crippen LogP contribution is 2.59. The van der Waals surface area contributed by atoms with E-state index in [1.54, 1.807) is 6.26 Å². The molecule has 0 saturated heterocycles. The molecular formula is C22H26O3. The molecule has 0 aliphatic heterocycles. The zero-order chi connectivity index (χ0) is 18.0. The normalized spacial score (nSPS) is 20.8. The molecule has 25 heavy (non-hydrogen) atoms. The largest absolute Gasteiger partial charge is 0.469 e. The van der Waals surface area contributed by atoms with Crippen LogP contribution in [-0.2, 0) is 22.6 Å². The molecule has 1 aromatic heterocycles. The van der Waals surface area contributed by atoms with Gasteiger partial charge in [0.25, 0.3) is 0 Å². The number of benzene rings is 1. The fraction of sp³-hybridized carbons (Fsp3) is 0.409. The van der Waals surface area contributed by atoms with Crippen molar-refractivity contribution in [1.29, 1.82) is 0 Å². The third kappa shape index (κ3) is 4.04. The molecule has 132 valence electrons. The first kappa shape index (κ1) is 17.5. The third-order valence-corrected chi connectivity index (χ3v) is 4.99. The maximum Gasteiger partial charge on any atom is 0.310 e. The lowest BCUT2D eigenvalue weighted by Gasteiger charge is -2.03. The van der Waals surface area contributed by atoms with Crippen molar-refractivity contribution in [2.45, 2.75) is 40.7 Å². The van der Waals surface area contributed by atoms with E-state index < -0.39 is 0 Å². The van der Waals surface area contributed by atoms with E-state index in [0.29, 0.717) is 0 Å². The van der Waals surface area contributed by atoms with Crippen LogP contribution in [-0.4, -0.2) is 5.97 Å². The summed E-state index contributed by atoms with van der Waals surface area (Å²) in [6, 6.07) is 12.1. The lowest BCUT2D eigenvalue weighted by Crippen LogP contribution is -2.10. The van der Waals surface area contributed by atoms with E-state index in [1.165, 1.54) is 11.1 Å². The van der Waals surface area contributed by atoms with Gasteiger partial charge in [-0.1, -0.05) is 55.8 Å². The van der Waals surface area contributed by atoms with Crippen molar-refractivity contribution in [3.8, 4) is 0 Å². The minimum atomic E-state index is -0.113. The summed E-state index contributed by atoms with van der Waals surface area (Å²) in [5.41, 5.74) is 3.33. The van der Waals surface area contributed by atoms with Crippen molar-refractivity contribution >= 4 is 5.97 Å². The van der Waals surface area contributed by atoms with Crippen LogP contribution >= 0.6 is 0 Å². The monoisotopic (exact) mass is 338 g/mol. The number of esters is 1. The van der Waals surface area contributed by atoms with E-state index in [4.69, 9.17) is 9.15 Å². The molecule has 0 bridgehead atoms. The number of hydrogen-bond acceptors (Lipinski definition) is 3. The van der Waals surface area contributed by atoms with Gasteiger partial charge >= 0.3 is 5.97 Å². The molecule has 2 aromatic rings. The fourth-order valence-corrected chi connectivity index (χ4v) is 3.43. The third-order valence-electron chi connectivity index (χ3n) is 4.99. The van der Waals surface area contributed by atoms with E-state index in [-0.39, 0.29) is 29.8 Å². The Balaban J connectivity index is 1.54. The highest BCUT2D eigenvalue weighted by atomic mass is 16.5. The van der Waals surface area contributed by atoms with Crippen LogP contribution in [0.25, 0.3) is 0 Å². The summed E-state index contributed by atoms with van der Waals surface area (Å²) in [7, 11) is 0. The van der Waals surface area contributed by atoms with Gasteiger partial charge in [0.15, 0.2) is 0 Å². The second kappa shape index (κ2) is 6.91. The highest BCUT2D eigenvalue weighted by molar-refractivity contribution is 5.78. The summed E-state index contributed by atoms with van der Waals surface area (Å²) in [6.07, 6.45) is 4.60. The zero-order valence-corrected chi connectivity index (χ0v) is 15.4. The van der Waals surface area contributed by atoms with Gasteiger partial charge in [-0.15, -0.1) is 0 Å². The standard InChI is InChI=1S/C22H26O3/c1-15(2)10-19-20(22(19,3)4)21(23)25-14-17-12-18(24-13-17)11-16-8-6-5-7-9-16/h5-10,12-13,19-20H,11,14H2,1-4H3/t19-,20+/m1/s1. The van der Waals surface area contributed by atoms with Crippen molar-refractivity contribution in [2.75, 3.05) is 0 Å². The number of carbonyl (C=O) groups is 1. The van der Waals surface area contributed by atoms with E-state index in [2.05, 4.69) is 45.9 Å². The Morgan fingerprint density at radius 2 is 1.92 bits per heavy atom. The van der Waals surface area contributed by atoms with Gasteiger partial charge in [-0.05, 0) is 36.8 Å². The molecule has 1 saturated carbocycles. The molecule has 1 heterocycles. The second-order valence-corrected chi connectivity index (χ2v) is 7.76. The minimum absolute atomic E-state index is 0.0107. The summed E-state index contributed by atoms with van der Waals surface area (Å²) in [5.74, 6) is 1.01. The lowest BCUT2D eigenvalue weighted by molar-refractivity contribution is -0.147. The fourth-order valence-electron chi connectivity index (χ4n) is 3.43. The molecule has 2 atom stereocenters. The Bertz CT molecular complexity index is 764. The molecule has 1 fully saturated rings. The van der Waals surface area contributed by atoms with E-state index in [1.807, 2.05) is 24.3 Å². The van der Waals surface area contributed by atoms with Crippen LogP contribution in [0.3, 0.4) is 0 Å². The van der Waals surface area contributed by atoms with Gasteiger partial charge in [-0.3, -0.25) is 4.79 Å². The predicted octanol–water partition coefficient (Wildman–Crippen LogP) is 5.15. The van der Waals surface area contributed by atoms with Gasteiger partial charge in [0.1, 0.15) is 12.4 Å². The van der Waals surface area contributed by atoms with Gasteiger partial charge in [-0.25, -0.2) is 0 Å². The summed E-state index contributed by atoms with van der Waals surface area (Å²) < 4.78 is 11.1. The first-order valence-corrected chi connectivity index (χ1v) is 8.80. The van der Waals surface area contributed by atoms with Crippen molar-refractivity contribution in [2.24, 2.45) is 17.3 Å². The molecule has 1 aliphatic carbocycles. The van der Waals surface area contributed by atoms with Crippen molar-refractivity contribution in [1.82, 2.24) is 0 Å². The minimum Gasteiger partial charge on any atom is -0.469 e. The van der Waals surface area contributed by atoms with Crippen LogP contribution in [0.15, 0.2) is 58.7 Å². The smallest absolute Gasteiger partial charge is 0.310 e. The van der Waals surface area contributed by atoms with Crippen molar-refractivity contribution in [3.05, 3.63) is 71.2 Å². The van der Waals surface area contributed by atoms with E-state index in [9.17, 15) is 4.79 Å². The summed E-state index contributed by atoms with van der Waals surface area (Å²) in [4.78, 5) is 12.4. The molecule has 0 radical (unpaired) electrons. The van der Waals surface area contributed by atoms with Crippen LogP contribution in [0.4, 0.5) is 0 Å². The van der Waals surface area contributed by atoms with Gasteiger partial charge in [0.2, 0.25) is 0 Å². The van der Waals surface area contributed by atoms with Crippen molar-refractivity contribution in [3.63, 3.8) is 0 Å². The number of rotatable bonds is 6.